The number of amides is 1. The number of carbonyl (C=O) groups is 1. The van der Waals surface area contributed by atoms with Crippen LogP contribution < -0.4 is 11.1 Å². The molecule has 4 nitrogen and oxygen atoms in total. The molecule has 2 rings (SSSR count). The highest BCUT2D eigenvalue weighted by Crippen LogP contribution is 2.18. The van der Waals surface area contributed by atoms with Crippen LogP contribution in [0, 0.1) is 5.92 Å². The van der Waals surface area contributed by atoms with E-state index in [0.717, 1.165) is 35.9 Å². The summed E-state index contributed by atoms with van der Waals surface area (Å²) >= 11 is 0. The van der Waals surface area contributed by atoms with Crippen molar-refractivity contribution in [2.75, 3.05) is 5.32 Å². The second-order valence-electron chi connectivity index (χ2n) is 5.72. The summed E-state index contributed by atoms with van der Waals surface area (Å²) in [6.45, 7) is 3.94. The van der Waals surface area contributed by atoms with Gasteiger partial charge in [-0.3, -0.25) is 9.78 Å². The summed E-state index contributed by atoms with van der Waals surface area (Å²) < 4.78 is 0. The number of para-hydroxylation sites is 1. The molecule has 0 saturated carbocycles. The molecule has 0 aliphatic rings. The molecule has 0 aliphatic heterocycles. The molecule has 2 unspecified atom stereocenters. The molecule has 21 heavy (non-hydrogen) atoms. The van der Waals surface area contributed by atoms with Crippen LogP contribution in [0.25, 0.3) is 10.9 Å². The first-order valence-electron chi connectivity index (χ1n) is 7.47. The monoisotopic (exact) mass is 285 g/mol. The number of benzene rings is 1. The molecule has 0 spiro atoms. The number of hydrogen-bond donors (Lipinski definition) is 2. The number of nitrogens with two attached hydrogens (primary N) is 1. The van der Waals surface area contributed by atoms with Gasteiger partial charge in [-0.1, -0.05) is 31.5 Å². The van der Waals surface area contributed by atoms with Gasteiger partial charge in [0.2, 0.25) is 5.91 Å². The zero-order valence-electron chi connectivity index (χ0n) is 12.7. The van der Waals surface area contributed by atoms with E-state index in [1.165, 1.54) is 0 Å². The standard InChI is InChI=1S/C17H23N3O/c1-12(6-5-7-13(2)18)17(21)20-15-10-14-8-3-4-9-16(14)19-11-15/h3-4,8-13H,5-7,18H2,1-2H3,(H,20,21). The minimum absolute atomic E-state index is 0.0183. The SMILES string of the molecule is CC(N)CCCC(C)C(=O)Nc1cnc2ccccc2c1. The second kappa shape index (κ2) is 7.18. The number of anilines is 1. The normalized spacial score (nSPS) is 13.9. The maximum absolute atomic E-state index is 12.2. The number of pyridine rings is 1. The van der Waals surface area contributed by atoms with Crippen LogP contribution in [0.15, 0.2) is 36.5 Å². The Hall–Kier alpha value is -1.94. The number of aromatic nitrogens is 1. The van der Waals surface area contributed by atoms with Crippen molar-refractivity contribution in [3.8, 4) is 0 Å². The molecule has 1 amide bonds. The topological polar surface area (TPSA) is 68.0 Å². The van der Waals surface area contributed by atoms with Crippen LogP contribution in [-0.2, 0) is 4.79 Å². The van der Waals surface area contributed by atoms with E-state index in [0.29, 0.717) is 0 Å². The van der Waals surface area contributed by atoms with Gasteiger partial charge >= 0.3 is 0 Å². The number of carbonyl (C=O) groups excluding carboxylic acids is 1. The highest BCUT2D eigenvalue weighted by atomic mass is 16.1. The van der Waals surface area contributed by atoms with Crippen molar-refractivity contribution in [3.05, 3.63) is 36.5 Å². The lowest BCUT2D eigenvalue weighted by Crippen LogP contribution is -2.21. The van der Waals surface area contributed by atoms with Gasteiger partial charge in [-0.15, -0.1) is 0 Å². The van der Waals surface area contributed by atoms with E-state index in [2.05, 4.69) is 10.3 Å². The van der Waals surface area contributed by atoms with E-state index < -0.39 is 0 Å². The number of fused-ring (bicyclic) bond motifs is 1. The zero-order valence-corrected chi connectivity index (χ0v) is 12.7. The minimum Gasteiger partial charge on any atom is -0.328 e. The summed E-state index contributed by atoms with van der Waals surface area (Å²) in [5.74, 6) is 0.0203. The Bertz CT molecular complexity index is 610. The van der Waals surface area contributed by atoms with Gasteiger partial charge in [0.25, 0.3) is 0 Å². The Labute approximate surface area is 125 Å². The van der Waals surface area contributed by atoms with Crippen LogP contribution in [0.1, 0.15) is 33.1 Å². The first kappa shape index (κ1) is 15.4. The lowest BCUT2D eigenvalue weighted by atomic mass is 10.0. The Morgan fingerprint density at radius 3 is 2.81 bits per heavy atom. The molecular formula is C17H23N3O. The molecule has 0 saturated heterocycles. The van der Waals surface area contributed by atoms with Crippen LogP contribution in [0.2, 0.25) is 0 Å². The fourth-order valence-corrected chi connectivity index (χ4v) is 2.28. The van der Waals surface area contributed by atoms with Gasteiger partial charge in [0.15, 0.2) is 0 Å². The average Bonchev–Trinajstić information content (AvgIpc) is 2.46. The summed E-state index contributed by atoms with van der Waals surface area (Å²) in [7, 11) is 0. The van der Waals surface area contributed by atoms with Gasteiger partial charge in [-0.05, 0) is 31.9 Å². The van der Waals surface area contributed by atoms with Crippen LogP contribution >= 0.6 is 0 Å². The molecule has 1 heterocycles. The highest BCUT2D eigenvalue weighted by molar-refractivity contribution is 5.94. The summed E-state index contributed by atoms with van der Waals surface area (Å²) in [5, 5.41) is 3.97. The van der Waals surface area contributed by atoms with Gasteiger partial charge in [-0.2, -0.15) is 0 Å². The Morgan fingerprint density at radius 1 is 1.29 bits per heavy atom. The minimum atomic E-state index is -0.0183. The fraction of sp³-hybridized carbons (Fsp3) is 0.412. The van der Waals surface area contributed by atoms with E-state index in [1.807, 2.05) is 44.2 Å². The molecule has 2 aromatic rings. The second-order valence-corrected chi connectivity index (χ2v) is 5.72. The first-order valence-corrected chi connectivity index (χ1v) is 7.47. The molecule has 112 valence electrons. The van der Waals surface area contributed by atoms with E-state index in [4.69, 9.17) is 5.73 Å². The molecule has 0 fully saturated rings. The molecule has 4 heteroatoms. The van der Waals surface area contributed by atoms with E-state index in [1.54, 1.807) is 6.20 Å². The van der Waals surface area contributed by atoms with Crippen molar-refractivity contribution in [2.45, 2.75) is 39.2 Å². The van der Waals surface area contributed by atoms with Crippen molar-refractivity contribution in [2.24, 2.45) is 11.7 Å². The van der Waals surface area contributed by atoms with E-state index >= 15 is 0 Å². The molecule has 1 aromatic carbocycles. The first-order chi connectivity index (χ1) is 10.1. The lowest BCUT2D eigenvalue weighted by molar-refractivity contribution is -0.119. The third-order valence-corrected chi connectivity index (χ3v) is 3.60. The van der Waals surface area contributed by atoms with Gasteiger partial charge in [0.05, 0.1) is 17.4 Å². The number of rotatable bonds is 6. The number of hydrogen-bond acceptors (Lipinski definition) is 3. The maximum Gasteiger partial charge on any atom is 0.227 e. The summed E-state index contributed by atoms with van der Waals surface area (Å²) in [4.78, 5) is 16.5. The van der Waals surface area contributed by atoms with Crippen LogP contribution in [-0.4, -0.2) is 16.9 Å². The predicted octanol–water partition coefficient (Wildman–Crippen LogP) is 3.33. The Morgan fingerprint density at radius 2 is 2.05 bits per heavy atom. The summed E-state index contributed by atoms with van der Waals surface area (Å²) in [5.41, 5.74) is 7.40. The number of nitrogens with zero attached hydrogens (tertiary/aromatic N) is 1. The smallest absolute Gasteiger partial charge is 0.227 e. The van der Waals surface area contributed by atoms with Crippen molar-refractivity contribution < 1.29 is 4.79 Å². The van der Waals surface area contributed by atoms with Crippen molar-refractivity contribution in [3.63, 3.8) is 0 Å². The molecule has 1 aromatic heterocycles. The maximum atomic E-state index is 12.2. The Balaban J connectivity index is 1.94. The van der Waals surface area contributed by atoms with Gasteiger partial charge < -0.3 is 11.1 Å². The molecule has 0 bridgehead atoms. The van der Waals surface area contributed by atoms with E-state index in [9.17, 15) is 4.79 Å². The van der Waals surface area contributed by atoms with Crippen LogP contribution in [0.3, 0.4) is 0 Å². The molecule has 2 atom stereocenters. The van der Waals surface area contributed by atoms with Gasteiger partial charge in [0, 0.05) is 17.3 Å². The predicted molar refractivity (Wildman–Crippen MR) is 87.0 cm³/mol. The van der Waals surface area contributed by atoms with Crippen molar-refractivity contribution in [1.29, 1.82) is 0 Å². The zero-order chi connectivity index (χ0) is 15.2. The van der Waals surface area contributed by atoms with Crippen LogP contribution in [0.4, 0.5) is 5.69 Å². The largest absolute Gasteiger partial charge is 0.328 e. The third kappa shape index (κ3) is 4.53. The highest BCUT2D eigenvalue weighted by Gasteiger charge is 2.13. The van der Waals surface area contributed by atoms with Gasteiger partial charge in [-0.25, -0.2) is 0 Å². The molecule has 3 N–H and O–H groups in total. The summed E-state index contributed by atoms with van der Waals surface area (Å²) in [6, 6.07) is 10.0. The molecule has 0 radical (unpaired) electrons. The quantitative estimate of drug-likeness (QED) is 0.855. The van der Waals surface area contributed by atoms with Crippen molar-refractivity contribution >= 4 is 22.5 Å². The third-order valence-electron chi connectivity index (χ3n) is 3.60. The number of nitrogens with one attached hydrogen (secondary N) is 1. The summed E-state index contributed by atoms with van der Waals surface area (Å²) in [6.07, 6.45) is 4.49. The van der Waals surface area contributed by atoms with E-state index in [-0.39, 0.29) is 17.9 Å². The fourth-order valence-electron chi connectivity index (χ4n) is 2.28. The Kier molecular flexibility index (Phi) is 5.28. The molecule has 0 aliphatic carbocycles. The average molecular weight is 285 g/mol. The van der Waals surface area contributed by atoms with Gasteiger partial charge in [0.1, 0.15) is 0 Å². The lowest BCUT2D eigenvalue weighted by Gasteiger charge is -2.13. The van der Waals surface area contributed by atoms with Crippen LogP contribution in [0.5, 0.6) is 0 Å². The molecular weight excluding hydrogens is 262 g/mol. The van der Waals surface area contributed by atoms with Crippen molar-refractivity contribution in [1.82, 2.24) is 4.98 Å².